The highest BCUT2D eigenvalue weighted by Crippen LogP contribution is 2.28. The molecule has 104 valence electrons. The average Bonchev–Trinajstić information content (AvgIpc) is 2.95. The van der Waals surface area contributed by atoms with Crippen LogP contribution in [0.5, 0.6) is 0 Å². The standard InChI is InChI=1S/C13H20ClN5/c1-5-18-11(7-9(3)17-18)12(15-4)13-10(14)8-16-19(13)6-2/h7-8,12,15H,5-6H2,1-4H3. The van der Waals surface area contributed by atoms with Crippen molar-refractivity contribution in [1.82, 2.24) is 24.9 Å². The number of nitrogens with zero attached hydrogens (tertiary/aromatic N) is 4. The number of halogens is 1. The number of hydrogen-bond acceptors (Lipinski definition) is 3. The molecule has 0 aliphatic carbocycles. The lowest BCUT2D eigenvalue weighted by atomic mass is 10.1. The molecule has 6 heteroatoms. The fourth-order valence-corrected chi connectivity index (χ4v) is 2.64. The van der Waals surface area contributed by atoms with Crippen LogP contribution < -0.4 is 5.32 Å². The van der Waals surface area contributed by atoms with Crippen molar-refractivity contribution in [1.29, 1.82) is 0 Å². The molecular weight excluding hydrogens is 262 g/mol. The monoisotopic (exact) mass is 281 g/mol. The summed E-state index contributed by atoms with van der Waals surface area (Å²) in [7, 11) is 1.93. The van der Waals surface area contributed by atoms with Crippen LogP contribution in [0.2, 0.25) is 5.02 Å². The van der Waals surface area contributed by atoms with Crippen LogP contribution in [0.4, 0.5) is 0 Å². The van der Waals surface area contributed by atoms with Gasteiger partial charge in [-0.1, -0.05) is 11.6 Å². The van der Waals surface area contributed by atoms with E-state index >= 15 is 0 Å². The van der Waals surface area contributed by atoms with Gasteiger partial charge in [0.25, 0.3) is 0 Å². The topological polar surface area (TPSA) is 47.7 Å². The van der Waals surface area contributed by atoms with Gasteiger partial charge in [0.2, 0.25) is 0 Å². The van der Waals surface area contributed by atoms with Gasteiger partial charge in [-0.05, 0) is 33.9 Å². The van der Waals surface area contributed by atoms with Crippen molar-refractivity contribution in [2.45, 2.75) is 39.9 Å². The molecule has 1 N–H and O–H groups in total. The quantitative estimate of drug-likeness (QED) is 0.915. The number of hydrogen-bond donors (Lipinski definition) is 1. The Kier molecular flexibility index (Phi) is 4.27. The van der Waals surface area contributed by atoms with Crippen molar-refractivity contribution in [3.63, 3.8) is 0 Å². The number of rotatable bonds is 5. The largest absolute Gasteiger partial charge is 0.307 e. The predicted octanol–water partition coefficient (Wildman–Crippen LogP) is 2.39. The molecule has 0 radical (unpaired) electrons. The van der Waals surface area contributed by atoms with Crippen LogP contribution in [0, 0.1) is 6.92 Å². The summed E-state index contributed by atoms with van der Waals surface area (Å²) in [4.78, 5) is 0. The second-order valence-corrected chi connectivity index (χ2v) is 4.85. The maximum atomic E-state index is 6.30. The Labute approximate surface area is 118 Å². The van der Waals surface area contributed by atoms with E-state index in [1.165, 1.54) is 0 Å². The molecule has 2 heterocycles. The Morgan fingerprint density at radius 2 is 2.00 bits per heavy atom. The minimum absolute atomic E-state index is 0.00361. The van der Waals surface area contributed by atoms with Crippen molar-refractivity contribution in [2.75, 3.05) is 7.05 Å². The third-order valence-corrected chi connectivity index (χ3v) is 3.51. The highest BCUT2D eigenvalue weighted by atomic mass is 35.5. The zero-order valence-corrected chi connectivity index (χ0v) is 12.6. The molecule has 5 nitrogen and oxygen atoms in total. The zero-order valence-electron chi connectivity index (χ0n) is 11.8. The Balaban J connectivity index is 2.52. The Hall–Kier alpha value is -1.33. The molecule has 0 spiro atoms. The lowest BCUT2D eigenvalue weighted by molar-refractivity contribution is 0.517. The van der Waals surface area contributed by atoms with Crippen molar-refractivity contribution < 1.29 is 0 Å². The van der Waals surface area contributed by atoms with Gasteiger partial charge in [0.1, 0.15) is 0 Å². The normalized spacial score (nSPS) is 12.9. The Bertz CT molecular complexity index is 557. The molecule has 2 aromatic rings. The highest BCUT2D eigenvalue weighted by Gasteiger charge is 2.23. The summed E-state index contributed by atoms with van der Waals surface area (Å²) in [6.45, 7) is 7.77. The zero-order chi connectivity index (χ0) is 14.0. The Morgan fingerprint density at radius 3 is 2.58 bits per heavy atom. The van der Waals surface area contributed by atoms with Gasteiger partial charge < -0.3 is 5.32 Å². The van der Waals surface area contributed by atoms with Gasteiger partial charge in [-0.15, -0.1) is 0 Å². The van der Waals surface area contributed by atoms with Gasteiger partial charge in [-0.25, -0.2) is 0 Å². The van der Waals surface area contributed by atoms with E-state index in [0.29, 0.717) is 5.02 Å². The Morgan fingerprint density at radius 1 is 1.32 bits per heavy atom. The minimum atomic E-state index is -0.00361. The van der Waals surface area contributed by atoms with E-state index in [1.807, 2.05) is 23.3 Å². The van der Waals surface area contributed by atoms with Crippen molar-refractivity contribution in [3.05, 3.63) is 34.4 Å². The highest BCUT2D eigenvalue weighted by molar-refractivity contribution is 6.31. The van der Waals surface area contributed by atoms with E-state index in [0.717, 1.165) is 30.2 Å². The van der Waals surface area contributed by atoms with Gasteiger partial charge in [0, 0.05) is 13.1 Å². The molecule has 0 saturated heterocycles. The maximum absolute atomic E-state index is 6.30. The first-order valence-electron chi connectivity index (χ1n) is 6.55. The summed E-state index contributed by atoms with van der Waals surface area (Å²) in [6.07, 6.45) is 1.70. The third-order valence-electron chi connectivity index (χ3n) is 3.22. The third kappa shape index (κ3) is 2.53. The van der Waals surface area contributed by atoms with E-state index in [-0.39, 0.29) is 6.04 Å². The molecule has 19 heavy (non-hydrogen) atoms. The van der Waals surface area contributed by atoms with Gasteiger partial charge in [0.15, 0.2) is 0 Å². The van der Waals surface area contributed by atoms with Crippen LogP contribution in [-0.2, 0) is 13.1 Å². The van der Waals surface area contributed by atoms with E-state index in [2.05, 4.69) is 35.4 Å². The molecule has 2 aromatic heterocycles. The SMILES string of the molecule is CCn1nc(C)cc1C(NC)c1c(Cl)cnn1CC. The van der Waals surface area contributed by atoms with Crippen LogP contribution in [0.1, 0.15) is 37.0 Å². The first kappa shape index (κ1) is 14.1. The number of aromatic nitrogens is 4. The van der Waals surface area contributed by atoms with Gasteiger partial charge in [-0.3, -0.25) is 9.36 Å². The molecule has 0 bridgehead atoms. The minimum Gasteiger partial charge on any atom is -0.307 e. The molecule has 0 aliphatic heterocycles. The average molecular weight is 282 g/mol. The summed E-state index contributed by atoms with van der Waals surface area (Å²) < 4.78 is 3.92. The summed E-state index contributed by atoms with van der Waals surface area (Å²) in [5.41, 5.74) is 3.11. The van der Waals surface area contributed by atoms with E-state index in [9.17, 15) is 0 Å². The molecule has 1 atom stereocenters. The summed E-state index contributed by atoms with van der Waals surface area (Å²) in [6, 6.07) is 2.09. The maximum Gasteiger partial charge on any atom is 0.0931 e. The lowest BCUT2D eigenvalue weighted by Crippen LogP contribution is -2.24. The van der Waals surface area contributed by atoms with Crippen LogP contribution in [0.3, 0.4) is 0 Å². The molecule has 1 unspecified atom stereocenters. The molecule has 0 fully saturated rings. The smallest absolute Gasteiger partial charge is 0.0931 e. The molecule has 0 amide bonds. The number of nitrogens with one attached hydrogen (secondary N) is 1. The predicted molar refractivity (Wildman–Crippen MR) is 76.5 cm³/mol. The summed E-state index contributed by atoms with van der Waals surface area (Å²) in [5, 5.41) is 12.8. The fraction of sp³-hybridized carbons (Fsp3) is 0.538. The van der Waals surface area contributed by atoms with Crippen molar-refractivity contribution in [2.24, 2.45) is 0 Å². The van der Waals surface area contributed by atoms with Crippen molar-refractivity contribution >= 4 is 11.6 Å². The van der Waals surface area contributed by atoms with Crippen LogP contribution in [0.25, 0.3) is 0 Å². The summed E-state index contributed by atoms with van der Waals surface area (Å²) in [5.74, 6) is 0. The lowest BCUT2D eigenvalue weighted by Gasteiger charge is -2.19. The van der Waals surface area contributed by atoms with E-state index in [4.69, 9.17) is 11.6 Å². The number of aryl methyl sites for hydroxylation is 3. The van der Waals surface area contributed by atoms with Crippen LogP contribution >= 0.6 is 11.6 Å². The molecular formula is C13H20ClN5. The molecule has 0 saturated carbocycles. The first-order valence-corrected chi connectivity index (χ1v) is 6.92. The summed E-state index contributed by atoms with van der Waals surface area (Å²) >= 11 is 6.30. The molecule has 2 rings (SSSR count). The van der Waals surface area contributed by atoms with Gasteiger partial charge in [0.05, 0.1) is 34.3 Å². The van der Waals surface area contributed by atoms with Crippen LogP contribution in [-0.4, -0.2) is 26.6 Å². The first-order chi connectivity index (χ1) is 9.12. The van der Waals surface area contributed by atoms with Gasteiger partial charge in [-0.2, -0.15) is 10.2 Å². The second kappa shape index (κ2) is 5.75. The molecule has 0 aliphatic rings. The molecule has 0 aromatic carbocycles. The van der Waals surface area contributed by atoms with E-state index < -0.39 is 0 Å². The van der Waals surface area contributed by atoms with Crippen molar-refractivity contribution in [3.8, 4) is 0 Å². The van der Waals surface area contributed by atoms with Crippen LogP contribution in [0.15, 0.2) is 12.3 Å². The van der Waals surface area contributed by atoms with E-state index in [1.54, 1.807) is 6.20 Å². The van der Waals surface area contributed by atoms with Gasteiger partial charge >= 0.3 is 0 Å². The fourth-order valence-electron chi connectivity index (χ4n) is 2.39. The second-order valence-electron chi connectivity index (χ2n) is 4.44.